The summed E-state index contributed by atoms with van der Waals surface area (Å²) in [5.41, 5.74) is 1.15. The fourth-order valence-corrected chi connectivity index (χ4v) is 2.55. The lowest BCUT2D eigenvalue weighted by molar-refractivity contribution is -0.131. The molecule has 0 bridgehead atoms. The number of rotatable bonds is 6. The third-order valence-electron chi connectivity index (χ3n) is 3.10. The highest BCUT2D eigenvalue weighted by atomic mass is 35.5. The van der Waals surface area contributed by atoms with Crippen LogP contribution in [0.3, 0.4) is 0 Å². The van der Waals surface area contributed by atoms with Gasteiger partial charge in [0, 0.05) is 17.7 Å². The van der Waals surface area contributed by atoms with E-state index in [1.165, 1.54) is 31.4 Å². The molecule has 0 heterocycles. The average molecular weight is 406 g/mol. The van der Waals surface area contributed by atoms with E-state index in [4.69, 9.17) is 44.6 Å². The Morgan fingerprint density at radius 2 is 1.80 bits per heavy atom. The Balaban J connectivity index is 3.11. The van der Waals surface area contributed by atoms with Crippen molar-refractivity contribution in [2.75, 3.05) is 7.11 Å². The molecule has 0 aromatic heterocycles. The highest BCUT2D eigenvalue weighted by Gasteiger charge is 2.13. The van der Waals surface area contributed by atoms with Crippen LogP contribution in [0, 0.1) is 0 Å². The normalized spacial score (nSPS) is 13.5. The monoisotopic (exact) mass is 404 g/mol. The number of hydrogen-bond acceptors (Lipinski definition) is 2. The summed E-state index contributed by atoms with van der Waals surface area (Å²) in [7, 11) is 1.44. The first kappa shape index (κ1) is 21.3. The van der Waals surface area contributed by atoms with E-state index in [0.29, 0.717) is 27.5 Å². The van der Waals surface area contributed by atoms with Crippen molar-refractivity contribution in [2.24, 2.45) is 0 Å². The van der Waals surface area contributed by atoms with Crippen molar-refractivity contribution in [1.29, 1.82) is 0 Å². The van der Waals surface area contributed by atoms with E-state index in [1.807, 2.05) is 0 Å². The molecule has 0 aliphatic carbocycles. The third kappa shape index (κ3) is 6.24. The fourth-order valence-electron chi connectivity index (χ4n) is 1.76. The average Bonchev–Trinajstić information content (AvgIpc) is 2.54. The van der Waals surface area contributed by atoms with E-state index in [-0.39, 0.29) is 10.0 Å². The van der Waals surface area contributed by atoms with Crippen LogP contribution in [0.2, 0.25) is 15.1 Å². The second-order valence-electron chi connectivity index (χ2n) is 5.03. The van der Waals surface area contributed by atoms with Crippen LogP contribution in [0.25, 0.3) is 6.08 Å². The molecule has 134 valence electrons. The van der Waals surface area contributed by atoms with Crippen LogP contribution >= 0.6 is 34.8 Å². The maximum Gasteiger partial charge on any atom is 0.328 e. The summed E-state index contributed by atoms with van der Waals surface area (Å²) in [6, 6.07) is 1.52. The van der Waals surface area contributed by atoms with E-state index >= 15 is 0 Å². The van der Waals surface area contributed by atoms with E-state index < -0.39 is 11.8 Å². The van der Waals surface area contributed by atoms with Crippen LogP contribution < -0.4 is 4.74 Å². The van der Waals surface area contributed by atoms with Crippen LogP contribution in [0.4, 0.5) is 4.39 Å². The number of benzene rings is 1. The van der Waals surface area contributed by atoms with Crippen LogP contribution in [-0.4, -0.2) is 18.2 Å². The van der Waals surface area contributed by atoms with Crippen molar-refractivity contribution >= 4 is 46.8 Å². The smallest absolute Gasteiger partial charge is 0.328 e. The predicted octanol–water partition coefficient (Wildman–Crippen LogP) is 6.50. The molecule has 0 unspecified atom stereocenters. The highest BCUT2D eigenvalue weighted by molar-refractivity contribution is 6.45. The minimum atomic E-state index is -1.09. The van der Waals surface area contributed by atoms with E-state index in [2.05, 4.69) is 0 Å². The number of carboxylic acid groups (broad SMARTS) is 1. The van der Waals surface area contributed by atoms with E-state index in [0.717, 1.165) is 6.08 Å². The van der Waals surface area contributed by atoms with Gasteiger partial charge in [-0.3, -0.25) is 0 Å². The molecule has 25 heavy (non-hydrogen) atoms. The number of carbonyl (C=O) groups is 1. The quantitative estimate of drug-likeness (QED) is 0.334. The van der Waals surface area contributed by atoms with Gasteiger partial charge in [0.15, 0.2) is 0 Å². The molecule has 0 fully saturated rings. The Hall–Kier alpha value is -1.75. The highest BCUT2D eigenvalue weighted by Crippen LogP contribution is 2.39. The molecule has 1 N–H and O–H groups in total. The second-order valence-corrected chi connectivity index (χ2v) is 6.19. The van der Waals surface area contributed by atoms with Gasteiger partial charge < -0.3 is 9.84 Å². The minimum absolute atomic E-state index is 0.200. The second kappa shape index (κ2) is 9.66. The van der Waals surface area contributed by atoms with Crippen molar-refractivity contribution < 1.29 is 19.0 Å². The van der Waals surface area contributed by atoms with Crippen LogP contribution in [-0.2, 0) is 4.79 Å². The van der Waals surface area contributed by atoms with Crippen molar-refractivity contribution in [2.45, 2.75) is 13.8 Å². The number of allylic oxidation sites excluding steroid dienone is 6. The summed E-state index contributed by atoms with van der Waals surface area (Å²) in [6.07, 6.45) is 6.56. The van der Waals surface area contributed by atoms with Gasteiger partial charge in [-0.05, 0) is 31.1 Å². The van der Waals surface area contributed by atoms with Crippen molar-refractivity contribution in [3.63, 3.8) is 0 Å². The lowest BCUT2D eigenvalue weighted by Crippen LogP contribution is -1.88. The van der Waals surface area contributed by atoms with Gasteiger partial charge in [-0.2, -0.15) is 0 Å². The van der Waals surface area contributed by atoms with Gasteiger partial charge in [0.2, 0.25) is 0 Å². The zero-order valence-electron chi connectivity index (χ0n) is 13.7. The third-order valence-corrected chi connectivity index (χ3v) is 4.28. The molecule has 7 heteroatoms. The summed E-state index contributed by atoms with van der Waals surface area (Å²) in [6.45, 7) is 3.11. The molecule has 0 aliphatic rings. The van der Waals surface area contributed by atoms with Crippen LogP contribution in [0.15, 0.2) is 47.3 Å². The molecule has 1 rings (SSSR count). The lowest BCUT2D eigenvalue weighted by Gasteiger charge is -2.09. The topological polar surface area (TPSA) is 46.5 Å². The number of halogens is 4. The Morgan fingerprint density at radius 3 is 2.36 bits per heavy atom. The van der Waals surface area contributed by atoms with Crippen molar-refractivity contribution in [3.8, 4) is 5.75 Å². The minimum Gasteiger partial charge on any atom is -0.495 e. The van der Waals surface area contributed by atoms with Gasteiger partial charge >= 0.3 is 5.97 Å². The Bertz CT molecular complexity index is 793. The molecule has 0 saturated heterocycles. The van der Waals surface area contributed by atoms with Gasteiger partial charge in [-0.1, -0.05) is 53.0 Å². The summed E-state index contributed by atoms with van der Waals surface area (Å²) >= 11 is 18.4. The molecule has 0 aliphatic heterocycles. The van der Waals surface area contributed by atoms with E-state index in [1.54, 1.807) is 19.9 Å². The Labute approximate surface area is 160 Å². The van der Waals surface area contributed by atoms with Gasteiger partial charge in [0.05, 0.1) is 17.2 Å². The molecule has 0 atom stereocenters. The summed E-state index contributed by atoms with van der Waals surface area (Å²) in [4.78, 5) is 10.5. The van der Waals surface area contributed by atoms with Crippen molar-refractivity contribution in [1.82, 2.24) is 0 Å². The predicted molar refractivity (Wildman–Crippen MR) is 101 cm³/mol. The molecule has 0 amide bonds. The molecule has 1 aromatic rings. The number of hydrogen-bond donors (Lipinski definition) is 1. The zero-order chi connectivity index (χ0) is 19.1. The maximum atomic E-state index is 14.1. The number of aliphatic carboxylic acids is 1. The van der Waals surface area contributed by atoms with Gasteiger partial charge in [0.25, 0.3) is 0 Å². The zero-order valence-corrected chi connectivity index (χ0v) is 16.0. The summed E-state index contributed by atoms with van der Waals surface area (Å²) < 4.78 is 19.1. The first-order valence-electron chi connectivity index (χ1n) is 7.02. The van der Waals surface area contributed by atoms with Crippen LogP contribution in [0.1, 0.15) is 19.4 Å². The van der Waals surface area contributed by atoms with Gasteiger partial charge in [-0.25, -0.2) is 9.18 Å². The van der Waals surface area contributed by atoms with Gasteiger partial charge in [-0.15, -0.1) is 0 Å². The molecular weight excluding hydrogens is 390 g/mol. The fraction of sp³-hybridized carbons (Fsp3) is 0.167. The Kier molecular flexibility index (Phi) is 8.23. The molecule has 1 aromatic carbocycles. The number of carboxylic acids is 1. The summed E-state index contributed by atoms with van der Waals surface area (Å²) in [5, 5.41) is 9.33. The van der Waals surface area contributed by atoms with Crippen molar-refractivity contribution in [3.05, 3.63) is 68.0 Å². The van der Waals surface area contributed by atoms with E-state index in [9.17, 15) is 9.18 Å². The Morgan fingerprint density at radius 1 is 1.16 bits per heavy atom. The standard InChI is InChI=1S/C18H16Cl3FO3/c1-10(8-16(23)24)4-7-14(22)11(2)5-6-12-13(19)9-15(25-3)18(21)17(12)20/h4-9H,1-3H3,(H,23,24)/b6-5+,7-4+,10-8+,14-11-. The molecule has 0 radical (unpaired) electrons. The molecule has 3 nitrogen and oxygen atoms in total. The first-order chi connectivity index (χ1) is 11.7. The lowest BCUT2D eigenvalue weighted by atomic mass is 10.1. The van der Waals surface area contributed by atoms with Gasteiger partial charge in [0.1, 0.15) is 16.6 Å². The summed E-state index contributed by atoms with van der Waals surface area (Å²) in [5.74, 6) is -1.28. The molecular formula is C18H16Cl3FO3. The van der Waals surface area contributed by atoms with Crippen LogP contribution in [0.5, 0.6) is 5.75 Å². The first-order valence-corrected chi connectivity index (χ1v) is 8.16. The molecule has 0 spiro atoms. The largest absolute Gasteiger partial charge is 0.495 e. The maximum absolute atomic E-state index is 14.1. The number of ether oxygens (including phenoxy) is 1. The molecule has 0 saturated carbocycles. The SMILES string of the molecule is COc1cc(Cl)c(/C=C/C(C)=C(F)/C=C/C(C)=C/C(=O)O)c(Cl)c1Cl. The number of methoxy groups -OCH3 is 1.